The lowest BCUT2D eigenvalue weighted by Gasteiger charge is -2.18. The van der Waals surface area contributed by atoms with Crippen LogP contribution in [-0.2, 0) is 0 Å². The van der Waals surface area contributed by atoms with E-state index < -0.39 is 0 Å². The Bertz CT molecular complexity index is 860. The number of hydrogen-bond donors (Lipinski definition) is 0. The van der Waals surface area contributed by atoms with Crippen LogP contribution in [0.3, 0.4) is 0 Å². The molecule has 102 valence electrons. The Morgan fingerprint density at radius 3 is 2.67 bits per heavy atom. The van der Waals surface area contributed by atoms with Gasteiger partial charge in [0.15, 0.2) is 0 Å². The number of fused-ring (bicyclic) bond motifs is 1. The maximum Gasteiger partial charge on any atom is 0.259 e. The number of amides is 1. The lowest BCUT2D eigenvalue weighted by molar-refractivity contribution is 0.0995. The maximum absolute atomic E-state index is 12.7. The Kier molecular flexibility index (Phi) is 3.43. The van der Waals surface area contributed by atoms with Gasteiger partial charge in [-0.15, -0.1) is 11.3 Å². The van der Waals surface area contributed by atoms with Crippen molar-refractivity contribution in [1.82, 2.24) is 0 Å². The SMILES string of the molecule is CN(C(=O)c1csc2ccccc12)c1ccccc1C#N. The molecule has 3 aromatic rings. The van der Waals surface area contributed by atoms with Gasteiger partial charge in [0.2, 0.25) is 0 Å². The van der Waals surface area contributed by atoms with Crippen molar-refractivity contribution in [3.05, 3.63) is 65.0 Å². The molecule has 0 saturated carbocycles. The van der Waals surface area contributed by atoms with Gasteiger partial charge in [-0.05, 0) is 18.2 Å². The van der Waals surface area contributed by atoms with E-state index in [0.717, 1.165) is 10.1 Å². The summed E-state index contributed by atoms with van der Waals surface area (Å²) in [7, 11) is 1.70. The molecule has 0 aliphatic rings. The summed E-state index contributed by atoms with van der Waals surface area (Å²) >= 11 is 1.55. The Morgan fingerprint density at radius 2 is 1.86 bits per heavy atom. The van der Waals surface area contributed by atoms with E-state index in [9.17, 15) is 4.79 Å². The number of thiophene rings is 1. The van der Waals surface area contributed by atoms with E-state index in [-0.39, 0.29) is 5.91 Å². The van der Waals surface area contributed by atoms with Crippen LogP contribution in [0.4, 0.5) is 5.69 Å². The number of carbonyl (C=O) groups is 1. The molecular weight excluding hydrogens is 280 g/mol. The highest BCUT2D eigenvalue weighted by Crippen LogP contribution is 2.28. The molecule has 0 saturated heterocycles. The largest absolute Gasteiger partial charge is 0.310 e. The Morgan fingerprint density at radius 1 is 1.14 bits per heavy atom. The van der Waals surface area contributed by atoms with Gasteiger partial charge in [-0.1, -0.05) is 30.3 Å². The molecule has 0 radical (unpaired) electrons. The number of para-hydroxylation sites is 1. The van der Waals surface area contributed by atoms with E-state index in [1.807, 2.05) is 35.7 Å². The van der Waals surface area contributed by atoms with Crippen molar-refractivity contribution in [2.45, 2.75) is 0 Å². The van der Waals surface area contributed by atoms with Crippen LogP contribution >= 0.6 is 11.3 Å². The van der Waals surface area contributed by atoms with Gasteiger partial charge >= 0.3 is 0 Å². The average Bonchev–Trinajstić information content (AvgIpc) is 2.97. The first-order chi connectivity index (χ1) is 10.2. The normalized spacial score (nSPS) is 10.3. The molecule has 0 unspecified atom stereocenters. The van der Waals surface area contributed by atoms with Gasteiger partial charge in [0.25, 0.3) is 5.91 Å². The molecule has 4 heteroatoms. The molecule has 0 spiro atoms. The summed E-state index contributed by atoms with van der Waals surface area (Å²) in [6, 6.07) is 17.1. The first-order valence-electron chi connectivity index (χ1n) is 6.46. The van der Waals surface area contributed by atoms with Gasteiger partial charge in [0.05, 0.1) is 16.8 Å². The summed E-state index contributed by atoms with van der Waals surface area (Å²) in [6.45, 7) is 0. The van der Waals surface area contributed by atoms with Crippen LogP contribution in [0.2, 0.25) is 0 Å². The molecule has 0 aliphatic heterocycles. The molecule has 0 N–H and O–H groups in total. The predicted octanol–water partition coefficient (Wildman–Crippen LogP) is 4.05. The number of anilines is 1. The Hall–Kier alpha value is -2.64. The van der Waals surface area contributed by atoms with Crippen molar-refractivity contribution in [3.8, 4) is 6.07 Å². The first-order valence-corrected chi connectivity index (χ1v) is 7.34. The highest BCUT2D eigenvalue weighted by atomic mass is 32.1. The van der Waals surface area contributed by atoms with E-state index in [2.05, 4.69) is 6.07 Å². The van der Waals surface area contributed by atoms with Crippen LogP contribution in [0.25, 0.3) is 10.1 Å². The smallest absolute Gasteiger partial charge is 0.259 e. The predicted molar refractivity (Wildman–Crippen MR) is 85.7 cm³/mol. The number of benzene rings is 2. The van der Waals surface area contributed by atoms with Crippen molar-refractivity contribution in [1.29, 1.82) is 5.26 Å². The third-order valence-corrected chi connectivity index (χ3v) is 4.37. The van der Waals surface area contributed by atoms with Crippen LogP contribution in [-0.4, -0.2) is 13.0 Å². The maximum atomic E-state index is 12.7. The molecule has 0 aliphatic carbocycles. The number of rotatable bonds is 2. The highest BCUT2D eigenvalue weighted by molar-refractivity contribution is 7.17. The summed E-state index contributed by atoms with van der Waals surface area (Å²) in [5.74, 6) is -0.102. The monoisotopic (exact) mass is 292 g/mol. The topological polar surface area (TPSA) is 44.1 Å². The lowest BCUT2D eigenvalue weighted by Crippen LogP contribution is -2.26. The fourth-order valence-electron chi connectivity index (χ4n) is 2.29. The van der Waals surface area contributed by atoms with Crippen LogP contribution in [0, 0.1) is 11.3 Å². The number of hydrogen-bond acceptors (Lipinski definition) is 3. The van der Waals surface area contributed by atoms with Gasteiger partial charge in [-0.25, -0.2) is 0 Å². The summed E-state index contributed by atoms with van der Waals surface area (Å²) in [6.07, 6.45) is 0. The molecule has 0 atom stereocenters. The van der Waals surface area contributed by atoms with E-state index in [1.165, 1.54) is 4.90 Å². The Balaban J connectivity index is 2.04. The Labute approximate surface area is 126 Å². The van der Waals surface area contributed by atoms with Gasteiger partial charge < -0.3 is 4.90 Å². The van der Waals surface area contributed by atoms with Crippen molar-refractivity contribution in [3.63, 3.8) is 0 Å². The van der Waals surface area contributed by atoms with Crippen LogP contribution < -0.4 is 4.90 Å². The van der Waals surface area contributed by atoms with E-state index in [1.54, 1.807) is 36.6 Å². The second kappa shape index (κ2) is 5.39. The van der Waals surface area contributed by atoms with Gasteiger partial charge in [-0.2, -0.15) is 5.26 Å². The van der Waals surface area contributed by atoms with E-state index in [4.69, 9.17) is 5.26 Å². The van der Waals surface area contributed by atoms with Gasteiger partial charge in [-0.3, -0.25) is 4.79 Å². The summed E-state index contributed by atoms with van der Waals surface area (Å²) in [5, 5.41) is 12.0. The van der Waals surface area contributed by atoms with Gasteiger partial charge in [0, 0.05) is 22.5 Å². The zero-order valence-corrected chi connectivity index (χ0v) is 12.2. The molecule has 1 aromatic heterocycles. The molecule has 3 nitrogen and oxygen atoms in total. The fourth-order valence-corrected chi connectivity index (χ4v) is 3.23. The van der Waals surface area contributed by atoms with Crippen molar-refractivity contribution in [2.24, 2.45) is 0 Å². The molecule has 1 amide bonds. The molecule has 0 fully saturated rings. The zero-order valence-electron chi connectivity index (χ0n) is 11.4. The second-order valence-corrected chi connectivity index (χ2v) is 5.55. The van der Waals surface area contributed by atoms with E-state index in [0.29, 0.717) is 16.8 Å². The fraction of sp³-hybridized carbons (Fsp3) is 0.0588. The zero-order chi connectivity index (χ0) is 14.8. The number of nitriles is 1. The third kappa shape index (κ3) is 2.28. The molecule has 0 bridgehead atoms. The van der Waals surface area contributed by atoms with Gasteiger partial charge in [0.1, 0.15) is 6.07 Å². The number of carbonyl (C=O) groups excluding carboxylic acids is 1. The summed E-state index contributed by atoms with van der Waals surface area (Å²) in [5.41, 5.74) is 1.79. The van der Waals surface area contributed by atoms with E-state index >= 15 is 0 Å². The molecule has 3 rings (SSSR count). The van der Waals surface area contributed by atoms with Crippen molar-refractivity contribution < 1.29 is 4.79 Å². The summed E-state index contributed by atoms with van der Waals surface area (Å²) < 4.78 is 1.09. The minimum Gasteiger partial charge on any atom is -0.310 e. The highest BCUT2D eigenvalue weighted by Gasteiger charge is 2.19. The molecule has 1 heterocycles. The quantitative estimate of drug-likeness (QED) is 0.715. The molecular formula is C17H12N2OS. The lowest BCUT2D eigenvalue weighted by atomic mass is 10.1. The standard InChI is InChI=1S/C17H12N2OS/c1-19(15-8-4-2-6-12(15)10-18)17(20)14-11-21-16-9-5-3-7-13(14)16/h2-9,11H,1H3. The number of nitrogens with zero attached hydrogens (tertiary/aromatic N) is 2. The minimum atomic E-state index is -0.102. The van der Waals surface area contributed by atoms with Crippen molar-refractivity contribution in [2.75, 3.05) is 11.9 Å². The van der Waals surface area contributed by atoms with Crippen LogP contribution in [0.15, 0.2) is 53.9 Å². The second-order valence-electron chi connectivity index (χ2n) is 4.64. The van der Waals surface area contributed by atoms with Crippen molar-refractivity contribution >= 4 is 33.0 Å². The average molecular weight is 292 g/mol. The third-order valence-electron chi connectivity index (χ3n) is 3.40. The molecule has 2 aromatic carbocycles. The molecule has 21 heavy (non-hydrogen) atoms. The summed E-state index contributed by atoms with van der Waals surface area (Å²) in [4.78, 5) is 14.2. The van der Waals surface area contributed by atoms with Crippen LogP contribution in [0.5, 0.6) is 0 Å². The first kappa shape index (κ1) is 13.3. The minimum absolute atomic E-state index is 0.102. The van der Waals surface area contributed by atoms with Crippen LogP contribution in [0.1, 0.15) is 15.9 Å².